The summed E-state index contributed by atoms with van der Waals surface area (Å²) in [5, 5.41) is 16.7. The Labute approximate surface area is 58.6 Å². The number of hydrogen-bond donors (Lipinski definition) is 4. The van der Waals surface area contributed by atoms with Gasteiger partial charge in [0.15, 0.2) is 6.29 Å². The van der Waals surface area contributed by atoms with Crippen LogP contribution in [0, 0.1) is 0 Å². The van der Waals surface area contributed by atoms with Gasteiger partial charge in [0.05, 0.1) is 6.04 Å². The van der Waals surface area contributed by atoms with Gasteiger partial charge in [-0.1, -0.05) is 0 Å². The summed E-state index contributed by atoms with van der Waals surface area (Å²) in [5.74, 6) is 0. The first-order valence-electron chi connectivity index (χ1n) is 3.05. The third-order valence-electron chi connectivity index (χ3n) is 1.20. The van der Waals surface area contributed by atoms with Crippen molar-refractivity contribution < 1.29 is 14.6 Å². The minimum absolute atomic E-state index is 0.0544. The molecule has 0 fully saturated rings. The maximum atomic E-state index is 12.5. The van der Waals surface area contributed by atoms with Gasteiger partial charge in [-0.25, -0.2) is 4.39 Å². The molecule has 0 radical (unpaired) electrons. The van der Waals surface area contributed by atoms with Crippen LogP contribution in [0.2, 0.25) is 0 Å². The van der Waals surface area contributed by atoms with Crippen molar-refractivity contribution in [3.05, 3.63) is 0 Å². The van der Waals surface area contributed by atoms with E-state index in [4.69, 9.17) is 21.7 Å². The molecule has 0 rings (SSSR count). The Hall–Kier alpha value is -0.230. The first kappa shape index (κ1) is 9.77. The first-order valence-corrected chi connectivity index (χ1v) is 3.05. The average molecular weight is 152 g/mol. The number of nitrogens with two attached hydrogens (primary N) is 2. The number of halogens is 1. The SMILES string of the molecule is NCC[C@@H](F)[C@H](N)C(O)O. The monoisotopic (exact) mass is 152 g/mol. The summed E-state index contributed by atoms with van der Waals surface area (Å²) in [7, 11) is 0. The number of rotatable bonds is 4. The number of aliphatic hydroxyl groups excluding tert-OH is 1. The molecule has 0 amide bonds. The standard InChI is InChI=1S/C5H13FN2O2/c6-3(1-2-7)4(8)5(9)10/h3-5,9-10H,1-2,7-8H2/t3-,4+/m1/s1. The van der Waals surface area contributed by atoms with E-state index in [1.54, 1.807) is 0 Å². The van der Waals surface area contributed by atoms with Gasteiger partial charge in [-0.3, -0.25) is 0 Å². The Morgan fingerprint density at radius 3 is 2.20 bits per heavy atom. The number of alkyl halides is 1. The lowest BCUT2D eigenvalue weighted by molar-refractivity contribution is -0.0746. The highest BCUT2D eigenvalue weighted by Crippen LogP contribution is 2.03. The van der Waals surface area contributed by atoms with Crippen LogP contribution in [0.3, 0.4) is 0 Å². The summed E-state index contributed by atoms with van der Waals surface area (Å²) < 4.78 is 12.5. The lowest BCUT2D eigenvalue weighted by atomic mass is 10.1. The Kier molecular flexibility index (Phi) is 4.46. The maximum absolute atomic E-state index is 12.5. The van der Waals surface area contributed by atoms with Gasteiger partial charge in [0.1, 0.15) is 6.17 Å². The zero-order chi connectivity index (χ0) is 8.15. The first-order chi connectivity index (χ1) is 4.59. The summed E-state index contributed by atoms with van der Waals surface area (Å²) in [6, 6.07) is -1.25. The Morgan fingerprint density at radius 1 is 1.40 bits per heavy atom. The summed E-state index contributed by atoms with van der Waals surface area (Å²) in [6.45, 7) is 0.154. The zero-order valence-electron chi connectivity index (χ0n) is 5.57. The molecule has 0 unspecified atom stereocenters. The average Bonchev–Trinajstić information content (AvgIpc) is 1.87. The molecule has 62 valence electrons. The molecular weight excluding hydrogens is 139 g/mol. The molecule has 0 aliphatic rings. The molecule has 0 aromatic rings. The molecule has 4 nitrogen and oxygen atoms in total. The highest BCUT2D eigenvalue weighted by molar-refractivity contribution is 4.73. The van der Waals surface area contributed by atoms with Gasteiger partial charge in [-0.05, 0) is 13.0 Å². The molecule has 0 saturated carbocycles. The summed E-state index contributed by atoms with van der Waals surface area (Å²) >= 11 is 0. The minimum atomic E-state index is -1.80. The van der Waals surface area contributed by atoms with Crippen LogP contribution in [0.5, 0.6) is 0 Å². The van der Waals surface area contributed by atoms with Crippen LogP contribution >= 0.6 is 0 Å². The Bertz CT molecular complexity index is 91.7. The molecule has 0 aromatic carbocycles. The van der Waals surface area contributed by atoms with Crippen molar-refractivity contribution in [2.24, 2.45) is 11.5 Å². The molecule has 0 aromatic heterocycles. The Morgan fingerprint density at radius 2 is 1.90 bits per heavy atom. The quantitative estimate of drug-likeness (QED) is 0.362. The summed E-state index contributed by atoms with van der Waals surface area (Å²) in [5.41, 5.74) is 10.0. The second-order valence-corrected chi connectivity index (χ2v) is 2.08. The smallest absolute Gasteiger partial charge is 0.169 e. The number of aliphatic hydroxyl groups is 2. The highest BCUT2D eigenvalue weighted by atomic mass is 19.1. The van der Waals surface area contributed by atoms with Crippen molar-refractivity contribution in [2.45, 2.75) is 24.9 Å². The van der Waals surface area contributed by atoms with Crippen molar-refractivity contribution in [3.63, 3.8) is 0 Å². The molecule has 0 aliphatic heterocycles. The van der Waals surface area contributed by atoms with Crippen LogP contribution in [-0.2, 0) is 0 Å². The van der Waals surface area contributed by atoms with Crippen molar-refractivity contribution in [3.8, 4) is 0 Å². The van der Waals surface area contributed by atoms with E-state index in [0.29, 0.717) is 0 Å². The molecule has 0 spiro atoms. The highest BCUT2D eigenvalue weighted by Gasteiger charge is 2.21. The van der Waals surface area contributed by atoms with E-state index in [0.717, 1.165) is 0 Å². The van der Waals surface area contributed by atoms with E-state index in [9.17, 15) is 4.39 Å². The van der Waals surface area contributed by atoms with Gasteiger partial charge in [-0.15, -0.1) is 0 Å². The van der Waals surface area contributed by atoms with Crippen LogP contribution < -0.4 is 11.5 Å². The zero-order valence-corrected chi connectivity index (χ0v) is 5.57. The van der Waals surface area contributed by atoms with Gasteiger partial charge in [0.25, 0.3) is 0 Å². The maximum Gasteiger partial charge on any atom is 0.169 e. The molecule has 0 heterocycles. The van der Waals surface area contributed by atoms with Crippen molar-refractivity contribution in [2.75, 3.05) is 6.54 Å². The fraction of sp³-hybridized carbons (Fsp3) is 1.00. The molecule has 10 heavy (non-hydrogen) atoms. The summed E-state index contributed by atoms with van der Waals surface area (Å²) in [4.78, 5) is 0. The lowest BCUT2D eigenvalue weighted by Gasteiger charge is -2.17. The molecule has 5 heteroatoms. The van der Waals surface area contributed by atoms with Gasteiger partial charge < -0.3 is 21.7 Å². The lowest BCUT2D eigenvalue weighted by Crippen LogP contribution is -2.43. The van der Waals surface area contributed by atoms with Gasteiger partial charge in [-0.2, -0.15) is 0 Å². The van der Waals surface area contributed by atoms with Crippen LogP contribution in [-0.4, -0.2) is 35.3 Å². The predicted molar refractivity (Wildman–Crippen MR) is 34.8 cm³/mol. The van der Waals surface area contributed by atoms with E-state index in [2.05, 4.69) is 0 Å². The largest absolute Gasteiger partial charge is 0.367 e. The molecule has 0 aliphatic carbocycles. The van der Waals surface area contributed by atoms with Gasteiger partial charge >= 0.3 is 0 Å². The third kappa shape index (κ3) is 3.07. The molecular formula is C5H13FN2O2. The predicted octanol–water partition coefficient (Wildman–Crippen LogP) is -1.69. The van der Waals surface area contributed by atoms with Gasteiger partial charge in [0.2, 0.25) is 0 Å². The van der Waals surface area contributed by atoms with Crippen LogP contribution in [0.25, 0.3) is 0 Å². The van der Waals surface area contributed by atoms with Crippen LogP contribution in [0.1, 0.15) is 6.42 Å². The second kappa shape index (κ2) is 4.56. The van der Waals surface area contributed by atoms with Crippen molar-refractivity contribution in [1.29, 1.82) is 0 Å². The van der Waals surface area contributed by atoms with E-state index in [1.165, 1.54) is 0 Å². The minimum Gasteiger partial charge on any atom is -0.367 e. The number of hydrogen-bond acceptors (Lipinski definition) is 4. The van der Waals surface area contributed by atoms with E-state index in [-0.39, 0.29) is 13.0 Å². The molecule has 0 bridgehead atoms. The van der Waals surface area contributed by atoms with Crippen molar-refractivity contribution >= 4 is 0 Å². The summed E-state index contributed by atoms with van der Waals surface area (Å²) in [6.07, 6.45) is -3.19. The molecule has 2 atom stereocenters. The van der Waals surface area contributed by atoms with Crippen LogP contribution in [0.15, 0.2) is 0 Å². The fourth-order valence-corrected chi connectivity index (χ4v) is 0.538. The normalized spacial score (nSPS) is 17.4. The van der Waals surface area contributed by atoms with E-state index in [1.807, 2.05) is 0 Å². The van der Waals surface area contributed by atoms with Gasteiger partial charge in [0, 0.05) is 0 Å². The Balaban J connectivity index is 3.58. The fourth-order valence-electron chi connectivity index (χ4n) is 0.538. The molecule has 0 saturated heterocycles. The van der Waals surface area contributed by atoms with E-state index < -0.39 is 18.5 Å². The van der Waals surface area contributed by atoms with Crippen LogP contribution in [0.4, 0.5) is 4.39 Å². The topological polar surface area (TPSA) is 92.5 Å². The third-order valence-corrected chi connectivity index (χ3v) is 1.20. The van der Waals surface area contributed by atoms with E-state index >= 15 is 0 Å². The van der Waals surface area contributed by atoms with Crippen molar-refractivity contribution in [1.82, 2.24) is 0 Å². The molecule has 6 N–H and O–H groups in total. The second-order valence-electron chi connectivity index (χ2n) is 2.08.